The van der Waals surface area contributed by atoms with Crippen LogP contribution in [0.3, 0.4) is 0 Å². The Morgan fingerprint density at radius 3 is 2.14 bits per heavy atom. The Kier molecular flexibility index (Phi) is 3.83. The van der Waals surface area contributed by atoms with Crippen molar-refractivity contribution in [3.05, 3.63) is 30.1 Å². The van der Waals surface area contributed by atoms with Gasteiger partial charge in [-0.15, -0.1) is 10.2 Å². The maximum atomic E-state index is 11.5. The molecule has 2 aromatic heterocycles. The summed E-state index contributed by atoms with van der Waals surface area (Å²) in [6.07, 6.45) is 3.08. The van der Waals surface area contributed by atoms with Gasteiger partial charge in [-0.1, -0.05) is 0 Å². The first-order valence-corrected chi connectivity index (χ1v) is 8.85. The number of piperazine rings is 1. The molecule has 118 valence electrons. The Morgan fingerprint density at radius 2 is 1.64 bits per heavy atom. The number of hydrogen-bond donors (Lipinski definition) is 0. The highest BCUT2D eigenvalue weighted by molar-refractivity contribution is 7.88. The molecule has 0 amide bonds. The predicted octanol–water partition coefficient (Wildman–Crippen LogP) is 0.0523. The van der Waals surface area contributed by atoms with E-state index in [1.807, 2.05) is 36.2 Å². The lowest BCUT2D eigenvalue weighted by atomic mass is 10.3. The van der Waals surface area contributed by atoms with Crippen molar-refractivity contribution in [1.82, 2.24) is 24.3 Å². The van der Waals surface area contributed by atoms with Crippen molar-refractivity contribution in [3.63, 3.8) is 0 Å². The molecule has 9 heteroatoms. The molecule has 0 bridgehead atoms. The molecule has 1 saturated heterocycles. The maximum Gasteiger partial charge on any atom is 0.211 e. The van der Waals surface area contributed by atoms with E-state index in [2.05, 4.69) is 15.3 Å². The van der Waals surface area contributed by atoms with Crippen LogP contribution in [0.25, 0.3) is 5.82 Å². The van der Waals surface area contributed by atoms with Crippen molar-refractivity contribution in [1.29, 1.82) is 0 Å². The second-order valence-electron chi connectivity index (χ2n) is 5.30. The van der Waals surface area contributed by atoms with Crippen LogP contribution in [0, 0.1) is 6.92 Å². The molecular formula is C13H18N6O2S. The molecule has 3 rings (SSSR count). The predicted molar refractivity (Wildman–Crippen MR) is 82.5 cm³/mol. The van der Waals surface area contributed by atoms with Gasteiger partial charge in [-0.2, -0.15) is 9.40 Å². The molecule has 0 unspecified atom stereocenters. The van der Waals surface area contributed by atoms with E-state index in [0.717, 1.165) is 11.5 Å². The second-order valence-corrected chi connectivity index (χ2v) is 7.28. The summed E-state index contributed by atoms with van der Waals surface area (Å²) >= 11 is 0. The van der Waals surface area contributed by atoms with Crippen LogP contribution in [0.1, 0.15) is 5.69 Å². The highest BCUT2D eigenvalue weighted by atomic mass is 32.2. The van der Waals surface area contributed by atoms with E-state index in [4.69, 9.17) is 0 Å². The highest BCUT2D eigenvalue weighted by Gasteiger charge is 2.24. The van der Waals surface area contributed by atoms with Gasteiger partial charge in [0.1, 0.15) is 0 Å². The lowest BCUT2D eigenvalue weighted by Crippen LogP contribution is -2.48. The normalized spacial score (nSPS) is 16.9. The van der Waals surface area contributed by atoms with Gasteiger partial charge in [0.15, 0.2) is 11.6 Å². The van der Waals surface area contributed by atoms with Crippen LogP contribution in [0.5, 0.6) is 0 Å². The molecule has 0 aromatic carbocycles. The van der Waals surface area contributed by atoms with Crippen LogP contribution in [0.4, 0.5) is 5.82 Å². The van der Waals surface area contributed by atoms with Gasteiger partial charge in [0.25, 0.3) is 0 Å². The summed E-state index contributed by atoms with van der Waals surface area (Å²) < 4.78 is 26.2. The van der Waals surface area contributed by atoms with Crippen molar-refractivity contribution in [2.75, 3.05) is 37.3 Å². The number of rotatable bonds is 3. The summed E-state index contributed by atoms with van der Waals surface area (Å²) in [6.45, 7) is 4.09. The molecule has 0 saturated carbocycles. The van der Waals surface area contributed by atoms with Gasteiger partial charge in [0.05, 0.1) is 11.9 Å². The average Bonchev–Trinajstić information content (AvgIpc) is 2.93. The van der Waals surface area contributed by atoms with Crippen LogP contribution in [-0.2, 0) is 10.0 Å². The van der Waals surface area contributed by atoms with E-state index in [1.165, 1.54) is 10.6 Å². The topological polar surface area (TPSA) is 84.2 Å². The van der Waals surface area contributed by atoms with Gasteiger partial charge in [-0.3, -0.25) is 0 Å². The number of anilines is 1. The van der Waals surface area contributed by atoms with E-state index >= 15 is 0 Å². The summed E-state index contributed by atoms with van der Waals surface area (Å²) in [5.74, 6) is 1.41. The first-order chi connectivity index (χ1) is 10.4. The summed E-state index contributed by atoms with van der Waals surface area (Å²) in [7, 11) is -3.11. The minimum atomic E-state index is -3.11. The number of aromatic nitrogens is 4. The molecule has 1 aliphatic rings. The summed E-state index contributed by atoms with van der Waals surface area (Å²) in [5.41, 5.74) is 0.919. The molecule has 0 atom stereocenters. The Bertz CT molecular complexity index is 747. The maximum absolute atomic E-state index is 11.5. The van der Waals surface area contributed by atoms with Crippen molar-refractivity contribution in [3.8, 4) is 5.82 Å². The highest BCUT2D eigenvalue weighted by Crippen LogP contribution is 2.15. The molecule has 0 N–H and O–H groups in total. The van der Waals surface area contributed by atoms with Crippen LogP contribution in [-0.4, -0.2) is 65.1 Å². The smallest absolute Gasteiger partial charge is 0.211 e. The Morgan fingerprint density at radius 1 is 1.00 bits per heavy atom. The minimum absolute atomic E-state index is 0.473. The van der Waals surface area contributed by atoms with Crippen molar-refractivity contribution >= 4 is 15.8 Å². The Hall–Kier alpha value is -2.00. The second kappa shape index (κ2) is 5.65. The third kappa shape index (κ3) is 3.09. The number of aryl methyl sites for hydroxylation is 1. The zero-order valence-electron chi connectivity index (χ0n) is 12.5. The van der Waals surface area contributed by atoms with E-state index in [9.17, 15) is 8.42 Å². The zero-order valence-corrected chi connectivity index (χ0v) is 13.4. The number of nitrogens with zero attached hydrogens (tertiary/aromatic N) is 6. The van der Waals surface area contributed by atoms with Crippen LogP contribution in [0.2, 0.25) is 0 Å². The number of hydrogen-bond acceptors (Lipinski definition) is 6. The van der Waals surface area contributed by atoms with E-state index in [1.54, 1.807) is 4.68 Å². The van der Waals surface area contributed by atoms with Crippen LogP contribution < -0.4 is 4.90 Å². The average molecular weight is 322 g/mol. The third-order valence-electron chi connectivity index (χ3n) is 3.63. The van der Waals surface area contributed by atoms with Crippen molar-refractivity contribution in [2.45, 2.75) is 6.92 Å². The molecule has 0 spiro atoms. The molecule has 8 nitrogen and oxygen atoms in total. The van der Waals surface area contributed by atoms with Crippen molar-refractivity contribution < 1.29 is 8.42 Å². The molecule has 0 radical (unpaired) electrons. The fraction of sp³-hybridized carbons (Fsp3) is 0.462. The van der Waals surface area contributed by atoms with E-state index < -0.39 is 10.0 Å². The van der Waals surface area contributed by atoms with Gasteiger partial charge < -0.3 is 4.90 Å². The van der Waals surface area contributed by atoms with E-state index in [-0.39, 0.29) is 0 Å². The molecule has 1 aliphatic heterocycles. The van der Waals surface area contributed by atoms with Crippen LogP contribution >= 0.6 is 0 Å². The number of sulfonamides is 1. The SMILES string of the molecule is Cc1ccn(-c2ccc(N3CCN(S(C)(=O)=O)CC3)nn2)n1. The molecule has 3 heterocycles. The quantitative estimate of drug-likeness (QED) is 0.794. The monoisotopic (exact) mass is 322 g/mol. The first-order valence-electron chi connectivity index (χ1n) is 7.00. The lowest BCUT2D eigenvalue weighted by Gasteiger charge is -2.33. The van der Waals surface area contributed by atoms with E-state index in [0.29, 0.717) is 32.0 Å². The van der Waals surface area contributed by atoms with Gasteiger partial charge in [-0.25, -0.2) is 13.1 Å². The van der Waals surface area contributed by atoms with Gasteiger partial charge >= 0.3 is 0 Å². The molecule has 0 aliphatic carbocycles. The van der Waals surface area contributed by atoms with Gasteiger partial charge in [0, 0.05) is 32.4 Å². The van der Waals surface area contributed by atoms with Gasteiger partial charge in [0.2, 0.25) is 10.0 Å². The van der Waals surface area contributed by atoms with Crippen molar-refractivity contribution in [2.24, 2.45) is 0 Å². The standard InChI is InChI=1S/C13H18N6O2S/c1-11-5-6-19(16-11)13-4-3-12(14-15-13)17-7-9-18(10-8-17)22(2,20)21/h3-6H,7-10H2,1-2H3. The third-order valence-corrected chi connectivity index (χ3v) is 4.93. The summed E-state index contributed by atoms with van der Waals surface area (Å²) in [4.78, 5) is 2.03. The fourth-order valence-corrected chi connectivity index (χ4v) is 3.23. The Balaban J connectivity index is 1.69. The molecule has 1 fully saturated rings. The lowest BCUT2D eigenvalue weighted by molar-refractivity contribution is 0.386. The van der Waals surface area contributed by atoms with Gasteiger partial charge in [-0.05, 0) is 25.1 Å². The molecule has 2 aromatic rings. The largest absolute Gasteiger partial charge is 0.352 e. The summed E-state index contributed by atoms with van der Waals surface area (Å²) in [5, 5.41) is 12.7. The van der Waals surface area contributed by atoms with Crippen LogP contribution in [0.15, 0.2) is 24.4 Å². The molecule has 22 heavy (non-hydrogen) atoms. The first kappa shape index (κ1) is 14.9. The minimum Gasteiger partial charge on any atom is -0.352 e. The Labute approximate surface area is 129 Å². The molecular weight excluding hydrogens is 304 g/mol. The fourth-order valence-electron chi connectivity index (χ4n) is 2.40. The summed E-state index contributed by atoms with van der Waals surface area (Å²) in [6, 6.07) is 5.65. The zero-order chi connectivity index (χ0) is 15.7.